The van der Waals surface area contributed by atoms with Crippen LogP contribution in [0.3, 0.4) is 0 Å². The molecule has 1 fully saturated rings. The maximum Gasteiger partial charge on any atom is 0.416 e. The standard InChI is InChI=1S/C32H32F3N5O4S/c33-32(34,35)23-7-4-8-25(16-23)44-20-40-19-24(17-36-40)37-30(42)28-26-9-1-2-10-27(26)45-31(28)38-29(41)22-6-3-5-21(15-22)18-39-11-13-43-14-12-39/h3-8,15-17,19H,1-2,9-14,18,20H2,(H,37,42)(H,38,41). The number of aromatic nitrogens is 2. The second kappa shape index (κ2) is 13.4. The molecule has 4 aromatic rings. The van der Waals surface area contributed by atoms with Gasteiger partial charge in [0.25, 0.3) is 11.8 Å². The molecule has 6 rings (SSSR count). The molecule has 2 N–H and O–H groups in total. The van der Waals surface area contributed by atoms with E-state index in [9.17, 15) is 22.8 Å². The summed E-state index contributed by atoms with van der Waals surface area (Å²) in [7, 11) is 0. The Kier molecular flexibility index (Phi) is 9.19. The molecule has 0 spiro atoms. The Balaban J connectivity index is 1.14. The highest BCUT2D eigenvalue weighted by Gasteiger charge is 2.31. The predicted octanol–water partition coefficient (Wildman–Crippen LogP) is 6.22. The first-order chi connectivity index (χ1) is 21.7. The molecule has 0 atom stereocenters. The number of hydrogen-bond acceptors (Lipinski definition) is 7. The third kappa shape index (κ3) is 7.55. The molecule has 1 saturated heterocycles. The van der Waals surface area contributed by atoms with Crippen LogP contribution in [0.1, 0.15) is 55.1 Å². The summed E-state index contributed by atoms with van der Waals surface area (Å²) in [6.07, 6.45) is 2.04. The van der Waals surface area contributed by atoms with E-state index in [1.807, 2.05) is 18.2 Å². The van der Waals surface area contributed by atoms with Gasteiger partial charge in [-0.1, -0.05) is 18.2 Å². The number of amides is 2. The van der Waals surface area contributed by atoms with E-state index in [0.29, 0.717) is 35.0 Å². The van der Waals surface area contributed by atoms with Crippen LogP contribution in [0.4, 0.5) is 23.9 Å². The van der Waals surface area contributed by atoms with Crippen LogP contribution in [0.2, 0.25) is 0 Å². The summed E-state index contributed by atoms with van der Waals surface area (Å²) in [5, 5.41) is 10.5. The van der Waals surface area contributed by atoms with Gasteiger partial charge in [-0.15, -0.1) is 11.3 Å². The van der Waals surface area contributed by atoms with Gasteiger partial charge in [-0.25, -0.2) is 4.68 Å². The van der Waals surface area contributed by atoms with Crippen LogP contribution in [-0.4, -0.2) is 52.8 Å². The highest BCUT2D eigenvalue weighted by Crippen LogP contribution is 2.39. The average molecular weight is 640 g/mol. The first-order valence-electron chi connectivity index (χ1n) is 14.7. The van der Waals surface area contributed by atoms with Crippen molar-refractivity contribution in [1.82, 2.24) is 14.7 Å². The summed E-state index contributed by atoms with van der Waals surface area (Å²) >= 11 is 1.43. The minimum Gasteiger partial charge on any atom is -0.471 e. The van der Waals surface area contributed by atoms with E-state index in [-0.39, 0.29) is 24.3 Å². The normalized spacial score (nSPS) is 15.4. The summed E-state index contributed by atoms with van der Waals surface area (Å²) in [6.45, 7) is 3.65. The second-order valence-corrected chi connectivity index (χ2v) is 12.1. The number of aryl methyl sites for hydroxylation is 1. The number of nitrogens with zero attached hydrogens (tertiary/aromatic N) is 3. The molecule has 0 unspecified atom stereocenters. The third-order valence-electron chi connectivity index (χ3n) is 7.74. The first kappa shape index (κ1) is 30.8. The molecule has 9 nitrogen and oxygen atoms in total. The van der Waals surface area contributed by atoms with E-state index >= 15 is 0 Å². The van der Waals surface area contributed by atoms with Crippen molar-refractivity contribution in [2.45, 2.75) is 45.1 Å². The number of fused-ring (bicyclic) bond motifs is 1. The molecule has 2 aliphatic rings. The predicted molar refractivity (Wildman–Crippen MR) is 164 cm³/mol. The van der Waals surface area contributed by atoms with Gasteiger partial charge in [0.15, 0.2) is 6.73 Å². The molecule has 13 heteroatoms. The summed E-state index contributed by atoms with van der Waals surface area (Å²) in [5.74, 6) is -0.613. The lowest BCUT2D eigenvalue weighted by Gasteiger charge is -2.26. The summed E-state index contributed by atoms with van der Waals surface area (Å²) in [4.78, 5) is 30.4. The minimum absolute atomic E-state index is 0.0443. The van der Waals surface area contributed by atoms with Crippen molar-refractivity contribution < 1.29 is 32.2 Å². The molecule has 2 amide bonds. The highest BCUT2D eigenvalue weighted by atomic mass is 32.1. The van der Waals surface area contributed by atoms with Crippen molar-refractivity contribution in [2.24, 2.45) is 0 Å². The molecule has 0 bridgehead atoms. The molecule has 45 heavy (non-hydrogen) atoms. The van der Waals surface area contributed by atoms with E-state index < -0.39 is 11.7 Å². The summed E-state index contributed by atoms with van der Waals surface area (Å²) in [6, 6.07) is 12.1. The Morgan fingerprint density at radius 1 is 1.00 bits per heavy atom. The van der Waals surface area contributed by atoms with Gasteiger partial charge in [0, 0.05) is 30.1 Å². The second-order valence-electron chi connectivity index (χ2n) is 11.0. The molecular formula is C32H32F3N5O4S. The zero-order valence-electron chi connectivity index (χ0n) is 24.4. The third-order valence-corrected chi connectivity index (χ3v) is 8.95. The fourth-order valence-electron chi connectivity index (χ4n) is 5.49. The van der Waals surface area contributed by atoms with E-state index in [2.05, 4.69) is 20.6 Å². The molecule has 2 aromatic carbocycles. The van der Waals surface area contributed by atoms with Crippen LogP contribution in [0, 0.1) is 0 Å². The van der Waals surface area contributed by atoms with Crippen molar-refractivity contribution in [1.29, 1.82) is 0 Å². The Bertz CT molecular complexity index is 1680. The Morgan fingerprint density at radius 2 is 1.80 bits per heavy atom. The first-order valence-corrected chi connectivity index (χ1v) is 15.5. The fraction of sp³-hybridized carbons (Fsp3) is 0.344. The molecule has 236 valence electrons. The van der Waals surface area contributed by atoms with Gasteiger partial charge in [-0.3, -0.25) is 14.5 Å². The van der Waals surface area contributed by atoms with Gasteiger partial charge in [0.05, 0.1) is 42.4 Å². The molecule has 1 aliphatic carbocycles. The maximum absolute atomic E-state index is 13.6. The van der Waals surface area contributed by atoms with E-state index in [1.54, 1.807) is 6.07 Å². The lowest BCUT2D eigenvalue weighted by molar-refractivity contribution is -0.137. The number of hydrogen-bond donors (Lipinski definition) is 2. The highest BCUT2D eigenvalue weighted by molar-refractivity contribution is 7.17. The lowest BCUT2D eigenvalue weighted by Crippen LogP contribution is -2.35. The van der Waals surface area contributed by atoms with Gasteiger partial charge in [0.1, 0.15) is 10.8 Å². The molecule has 0 radical (unpaired) electrons. The summed E-state index contributed by atoms with van der Waals surface area (Å²) in [5.41, 5.74) is 2.51. The molecule has 2 aromatic heterocycles. The zero-order chi connectivity index (χ0) is 31.4. The van der Waals surface area contributed by atoms with Gasteiger partial charge < -0.3 is 20.1 Å². The topological polar surface area (TPSA) is 97.7 Å². The lowest BCUT2D eigenvalue weighted by atomic mass is 9.95. The quantitative estimate of drug-likeness (QED) is 0.226. The number of rotatable bonds is 9. The van der Waals surface area contributed by atoms with Crippen molar-refractivity contribution in [3.8, 4) is 5.75 Å². The Morgan fingerprint density at radius 3 is 2.62 bits per heavy atom. The number of thiophene rings is 1. The maximum atomic E-state index is 13.6. The average Bonchev–Trinajstić information content (AvgIpc) is 3.64. The van der Waals surface area contributed by atoms with Crippen molar-refractivity contribution in [3.63, 3.8) is 0 Å². The molecule has 0 saturated carbocycles. The Labute approximate surface area is 261 Å². The minimum atomic E-state index is -4.48. The number of halogens is 3. The van der Waals surface area contributed by atoms with Gasteiger partial charge in [-0.05, 0) is 67.1 Å². The number of alkyl halides is 3. The van der Waals surface area contributed by atoms with Gasteiger partial charge in [0.2, 0.25) is 0 Å². The number of morpholine rings is 1. The van der Waals surface area contributed by atoms with Crippen molar-refractivity contribution in [2.75, 3.05) is 36.9 Å². The van der Waals surface area contributed by atoms with Crippen molar-refractivity contribution >= 4 is 33.8 Å². The smallest absolute Gasteiger partial charge is 0.416 e. The Hall–Kier alpha value is -4.20. The number of carbonyl (C=O) groups is 2. The van der Waals surface area contributed by atoms with Crippen LogP contribution in [0.5, 0.6) is 5.75 Å². The number of carbonyl (C=O) groups excluding carboxylic acids is 2. The number of benzene rings is 2. The summed E-state index contributed by atoms with van der Waals surface area (Å²) < 4.78 is 51.3. The van der Waals surface area contributed by atoms with E-state index in [1.165, 1.54) is 40.5 Å². The fourth-order valence-corrected chi connectivity index (χ4v) is 6.77. The van der Waals surface area contributed by atoms with Crippen LogP contribution >= 0.6 is 11.3 Å². The number of nitrogens with one attached hydrogen (secondary N) is 2. The van der Waals surface area contributed by atoms with Crippen molar-refractivity contribution in [3.05, 3.63) is 93.6 Å². The van der Waals surface area contributed by atoms with E-state index in [0.717, 1.165) is 73.5 Å². The van der Waals surface area contributed by atoms with Crippen LogP contribution in [0.15, 0.2) is 60.9 Å². The van der Waals surface area contributed by atoms with Gasteiger partial charge >= 0.3 is 6.18 Å². The monoisotopic (exact) mass is 639 g/mol. The number of anilines is 2. The molecular weight excluding hydrogens is 607 g/mol. The van der Waals surface area contributed by atoms with Crippen LogP contribution < -0.4 is 15.4 Å². The largest absolute Gasteiger partial charge is 0.471 e. The SMILES string of the molecule is O=C(Nc1sc2c(c1C(=O)Nc1cnn(COc3cccc(C(F)(F)F)c3)c1)CCCC2)c1cccc(CN2CCOCC2)c1. The van der Waals surface area contributed by atoms with Crippen LogP contribution in [-0.2, 0) is 37.0 Å². The van der Waals surface area contributed by atoms with Crippen LogP contribution in [0.25, 0.3) is 0 Å². The van der Waals surface area contributed by atoms with E-state index in [4.69, 9.17) is 9.47 Å². The molecule has 3 heterocycles. The molecule has 1 aliphatic heterocycles. The zero-order valence-corrected chi connectivity index (χ0v) is 25.2. The van der Waals surface area contributed by atoms with Gasteiger partial charge in [-0.2, -0.15) is 18.3 Å². The number of ether oxygens (including phenoxy) is 2.